The van der Waals surface area contributed by atoms with Gasteiger partial charge in [0.15, 0.2) is 5.60 Å². The number of fused-ring (bicyclic) bond motifs is 1. The Bertz CT molecular complexity index is 632. The van der Waals surface area contributed by atoms with Crippen LogP contribution in [0, 0.1) is 0 Å². The Kier molecular flexibility index (Phi) is 3.37. The predicted molar refractivity (Wildman–Crippen MR) is 68.5 cm³/mol. The lowest BCUT2D eigenvalue weighted by atomic mass is 9.91. The zero-order valence-corrected chi connectivity index (χ0v) is 11.2. The van der Waals surface area contributed by atoms with Crippen molar-refractivity contribution in [3.63, 3.8) is 0 Å². The van der Waals surface area contributed by atoms with E-state index >= 15 is 0 Å². The Balaban J connectivity index is 1.69. The number of hydrogen-bond acceptors (Lipinski definition) is 4. The zero-order valence-electron chi connectivity index (χ0n) is 11.2. The van der Waals surface area contributed by atoms with Crippen molar-refractivity contribution < 1.29 is 18.3 Å². The summed E-state index contributed by atoms with van der Waals surface area (Å²) in [4.78, 5) is 10.1. The largest absolute Gasteiger partial charge is 0.417 e. The number of imidazole rings is 1. The van der Waals surface area contributed by atoms with E-state index < -0.39 is 11.8 Å². The van der Waals surface area contributed by atoms with Gasteiger partial charge < -0.3 is 5.11 Å². The van der Waals surface area contributed by atoms with Gasteiger partial charge in [0.1, 0.15) is 0 Å². The maximum absolute atomic E-state index is 12.7. The molecule has 0 aromatic carbocycles. The quantitative estimate of drug-likeness (QED) is 0.915. The van der Waals surface area contributed by atoms with Crippen LogP contribution in [0.3, 0.4) is 0 Å². The molecule has 2 aromatic heterocycles. The molecule has 21 heavy (non-hydrogen) atoms. The molecule has 114 valence electrons. The second-order valence-corrected chi connectivity index (χ2v) is 5.34. The molecule has 0 saturated carbocycles. The van der Waals surface area contributed by atoms with Crippen molar-refractivity contribution in [2.24, 2.45) is 0 Å². The third-order valence-corrected chi connectivity index (χ3v) is 3.96. The number of hydrogen-bond donors (Lipinski definition) is 1. The van der Waals surface area contributed by atoms with E-state index in [2.05, 4.69) is 9.97 Å². The molecule has 0 atom stereocenters. The van der Waals surface area contributed by atoms with Crippen LogP contribution < -0.4 is 0 Å². The molecular formula is C13H15F3N4O. The highest BCUT2D eigenvalue weighted by molar-refractivity contribution is 5.30. The van der Waals surface area contributed by atoms with Gasteiger partial charge in [-0.1, -0.05) is 0 Å². The number of alkyl halides is 3. The van der Waals surface area contributed by atoms with Crippen molar-refractivity contribution in [2.75, 3.05) is 13.1 Å². The van der Waals surface area contributed by atoms with Gasteiger partial charge in [-0.2, -0.15) is 13.2 Å². The highest BCUT2D eigenvalue weighted by atomic mass is 19.4. The maximum Gasteiger partial charge on any atom is 0.417 e. The molecule has 3 rings (SSSR count). The molecule has 1 aliphatic heterocycles. The average molecular weight is 300 g/mol. The molecule has 8 heteroatoms. The molecule has 0 aliphatic carbocycles. The molecule has 2 aromatic rings. The van der Waals surface area contributed by atoms with Crippen LogP contribution in [0.1, 0.15) is 18.5 Å². The van der Waals surface area contributed by atoms with Gasteiger partial charge in [0, 0.05) is 32.0 Å². The zero-order chi connectivity index (χ0) is 15.1. The van der Waals surface area contributed by atoms with Crippen LogP contribution >= 0.6 is 0 Å². The van der Waals surface area contributed by atoms with E-state index in [9.17, 15) is 18.3 Å². The summed E-state index contributed by atoms with van der Waals surface area (Å²) in [7, 11) is 0. The summed E-state index contributed by atoms with van der Waals surface area (Å²) < 4.78 is 40.1. The highest BCUT2D eigenvalue weighted by Crippen LogP contribution is 2.38. The molecule has 0 unspecified atom stereocenters. The average Bonchev–Trinajstić information content (AvgIpc) is 2.84. The van der Waals surface area contributed by atoms with Gasteiger partial charge in [-0.3, -0.25) is 9.30 Å². The minimum atomic E-state index is -4.56. The topological polar surface area (TPSA) is 53.7 Å². The van der Waals surface area contributed by atoms with Crippen LogP contribution in [0.4, 0.5) is 13.2 Å². The summed E-state index contributed by atoms with van der Waals surface area (Å²) >= 11 is 0. The number of nitrogens with zero attached hydrogens (tertiary/aromatic N) is 4. The van der Waals surface area contributed by atoms with Crippen LogP contribution in [-0.4, -0.2) is 49.2 Å². The third-order valence-electron chi connectivity index (χ3n) is 3.96. The molecule has 0 spiro atoms. The summed E-state index contributed by atoms with van der Waals surface area (Å²) in [6.07, 6.45) is -0.0344. The number of piperidine rings is 1. The second kappa shape index (κ2) is 4.96. The van der Waals surface area contributed by atoms with Crippen LogP contribution in [0.2, 0.25) is 0 Å². The number of aromatic nitrogens is 3. The van der Waals surface area contributed by atoms with Crippen molar-refractivity contribution in [1.82, 2.24) is 19.3 Å². The lowest BCUT2D eigenvalue weighted by molar-refractivity contribution is -0.272. The molecule has 1 aliphatic rings. The molecule has 0 amide bonds. The van der Waals surface area contributed by atoms with Crippen molar-refractivity contribution in [1.29, 1.82) is 0 Å². The first kappa shape index (κ1) is 14.3. The summed E-state index contributed by atoms with van der Waals surface area (Å²) in [5, 5.41) is 9.64. The molecule has 3 heterocycles. The van der Waals surface area contributed by atoms with E-state index in [-0.39, 0.29) is 25.9 Å². The van der Waals surface area contributed by atoms with Gasteiger partial charge in [-0.25, -0.2) is 9.97 Å². The number of aliphatic hydroxyl groups is 1. The fraction of sp³-hybridized carbons (Fsp3) is 0.538. The number of likely N-dealkylation sites (tertiary alicyclic amines) is 1. The summed E-state index contributed by atoms with van der Waals surface area (Å²) in [6.45, 7) is 0.883. The minimum Gasteiger partial charge on any atom is -0.380 e. The highest BCUT2D eigenvalue weighted by Gasteiger charge is 2.54. The van der Waals surface area contributed by atoms with Crippen LogP contribution in [-0.2, 0) is 6.54 Å². The minimum absolute atomic E-state index is 0.198. The molecule has 0 radical (unpaired) electrons. The second-order valence-electron chi connectivity index (χ2n) is 5.34. The van der Waals surface area contributed by atoms with E-state index in [1.54, 1.807) is 18.5 Å². The molecule has 1 saturated heterocycles. The van der Waals surface area contributed by atoms with Gasteiger partial charge in [0.05, 0.1) is 11.9 Å². The third kappa shape index (κ3) is 2.60. The van der Waals surface area contributed by atoms with Crippen molar-refractivity contribution in [3.8, 4) is 0 Å². The molecule has 1 fully saturated rings. The van der Waals surface area contributed by atoms with Gasteiger partial charge in [-0.15, -0.1) is 0 Å². The predicted octanol–water partition coefficient (Wildman–Crippen LogP) is 1.62. The van der Waals surface area contributed by atoms with Gasteiger partial charge >= 0.3 is 6.18 Å². The van der Waals surface area contributed by atoms with E-state index in [1.165, 1.54) is 0 Å². The smallest absolute Gasteiger partial charge is 0.380 e. The van der Waals surface area contributed by atoms with Gasteiger partial charge in [-0.05, 0) is 18.9 Å². The first-order valence-corrected chi connectivity index (χ1v) is 6.67. The Morgan fingerprint density at radius 3 is 2.62 bits per heavy atom. The molecule has 1 N–H and O–H groups in total. The van der Waals surface area contributed by atoms with Crippen LogP contribution in [0.5, 0.6) is 0 Å². The Hall–Kier alpha value is -1.67. The van der Waals surface area contributed by atoms with E-state index in [4.69, 9.17) is 0 Å². The Morgan fingerprint density at radius 2 is 1.95 bits per heavy atom. The molecule has 5 nitrogen and oxygen atoms in total. The lowest BCUT2D eigenvalue weighted by Gasteiger charge is -2.38. The van der Waals surface area contributed by atoms with E-state index in [0.29, 0.717) is 12.3 Å². The summed E-state index contributed by atoms with van der Waals surface area (Å²) in [6, 6.07) is 1.77. The standard InChI is InChI=1S/C13H15F3N4O/c14-13(15,16)12(21)2-6-19(7-3-12)9-10-8-18-11-17-4-1-5-20(10)11/h1,4-5,8,21H,2-3,6-7,9H2. The summed E-state index contributed by atoms with van der Waals surface area (Å²) in [5.74, 6) is 0.566. The van der Waals surface area contributed by atoms with Crippen molar-refractivity contribution >= 4 is 5.78 Å². The SMILES string of the molecule is OC1(C(F)(F)F)CCN(Cc2cnc3ncccn23)CC1. The van der Waals surface area contributed by atoms with Crippen molar-refractivity contribution in [3.05, 3.63) is 30.4 Å². The first-order chi connectivity index (χ1) is 9.89. The molecule has 0 bridgehead atoms. The number of halogens is 3. The van der Waals surface area contributed by atoms with Gasteiger partial charge in [0.25, 0.3) is 0 Å². The van der Waals surface area contributed by atoms with Gasteiger partial charge in [0.2, 0.25) is 5.78 Å². The summed E-state index contributed by atoms with van der Waals surface area (Å²) in [5.41, 5.74) is -1.68. The monoisotopic (exact) mass is 300 g/mol. The number of rotatable bonds is 2. The fourth-order valence-electron chi connectivity index (χ4n) is 2.59. The normalized spacial score (nSPS) is 20.0. The fourth-order valence-corrected chi connectivity index (χ4v) is 2.59. The maximum atomic E-state index is 12.7. The lowest BCUT2D eigenvalue weighted by Crippen LogP contribution is -2.53. The Labute approximate surface area is 119 Å². The van der Waals surface area contributed by atoms with Crippen LogP contribution in [0.15, 0.2) is 24.7 Å². The molecular weight excluding hydrogens is 285 g/mol. The van der Waals surface area contributed by atoms with Crippen molar-refractivity contribution in [2.45, 2.75) is 31.2 Å². The first-order valence-electron chi connectivity index (χ1n) is 6.67. The van der Waals surface area contributed by atoms with E-state index in [1.807, 2.05) is 15.5 Å². The Morgan fingerprint density at radius 1 is 1.24 bits per heavy atom. The van der Waals surface area contributed by atoms with Crippen LogP contribution in [0.25, 0.3) is 5.78 Å². The van der Waals surface area contributed by atoms with E-state index in [0.717, 1.165) is 5.69 Å².